The van der Waals surface area contributed by atoms with Crippen molar-refractivity contribution in [3.05, 3.63) is 60.0 Å². The molecule has 0 fully saturated rings. The van der Waals surface area contributed by atoms with E-state index in [1.165, 1.54) is 23.5 Å². The van der Waals surface area contributed by atoms with Crippen LogP contribution in [-0.4, -0.2) is 13.4 Å². The van der Waals surface area contributed by atoms with Crippen molar-refractivity contribution in [2.24, 2.45) is 0 Å². The van der Waals surface area contributed by atoms with Crippen LogP contribution in [0.1, 0.15) is 0 Å². The number of thiazole rings is 1. The normalized spacial score (nSPS) is 11.3. The number of hydrogen-bond acceptors (Lipinski definition) is 5. The van der Waals surface area contributed by atoms with E-state index in [-0.39, 0.29) is 4.90 Å². The molecule has 22 heavy (non-hydrogen) atoms. The Bertz CT molecular complexity index is 873. The number of anilines is 2. The first-order valence-corrected chi connectivity index (χ1v) is 8.80. The summed E-state index contributed by atoms with van der Waals surface area (Å²) in [4.78, 5) is 4.46. The highest BCUT2D eigenvalue weighted by Crippen LogP contribution is 2.26. The highest BCUT2D eigenvalue weighted by atomic mass is 32.2. The van der Waals surface area contributed by atoms with E-state index in [0.717, 1.165) is 11.3 Å². The number of rotatable bonds is 4. The predicted octanol–water partition coefficient (Wildman–Crippen LogP) is 3.19. The molecule has 0 aliphatic rings. The zero-order chi connectivity index (χ0) is 15.6. The van der Waals surface area contributed by atoms with Crippen molar-refractivity contribution >= 4 is 32.2 Å². The summed E-state index contributed by atoms with van der Waals surface area (Å²) in [6.07, 6.45) is 0. The van der Waals surface area contributed by atoms with Crippen LogP contribution < -0.4 is 10.5 Å². The van der Waals surface area contributed by atoms with Gasteiger partial charge in [-0.1, -0.05) is 30.3 Å². The number of aromatic nitrogens is 1. The molecule has 0 aliphatic heterocycles. The van der Waals surface area contributed by atoms with Crippen molar-refractivity contribution in [3.63, 3.8) is 0 Å². The fourth-order valence-corrected chi connectivity index (χ4v) is 3.86. The van der Waals surface area contributed by atoms with Crippen molar-refractivity contribution in [3.8, 4) is 11.3 Å². The van der Waals surface area contributed by atoms with E-state index < -0.39 is 10.0 Å². The van der Waals surface area contributed by atoms with Gasteiger partial charge in [0.05, 0.1) is 10.6 Å². The van der Waals surface area contributed by atoms with Crippen LogP contribution >= 0.6 is 11.3 Å². The Morgan fingerprint density at radius 1 is 1.00 bits per heavy atom. The number of nitrogens with two attached hydrogens (primary N) is 1. The van der Waals surface area contributed by atoms with Crippen LogP contribution in [-0.2, 0) is 10.0 Å². The molecule has 0 amide bonds. The topological polar surface area (TPSA) is 85.1 Å². The summed E-state index contributed by atoms with van der Waals surface area (Å²) in [5.74, 6) is 0. The number of nitrogen functional groups attached to an aromatic ring is 1. The Kier molecular flexibility index (Phi) is 3.82. The molecule has 5 nitrogen and oxygen atoms in total. The summed E-state index contributed by atoms with van der Waals surface area (Å²) in [6.45, 7) is 0. The largest absolute Gasteiger partial charge is 0.399 e. The van der Waals surface area contributed by atoms with E-state index in [9.17, 15) is 8.42 Å². The standard InChI is InChI=1S/C15H13N3O2S2/c16-12-6-8-13(9-7-12)22(19,20)18-15-17-14(10-21-15)11-4-2-1-3-5-11/h1-10H,16H2,(H,17,18). The highest BCUT2D eigenvalue weighted by molar-refractivity contribution is 7.93. The van der Waals surface area contributed by atoms with Gasteiger partial charge in [-0.2, -0.15) is 0 Å². The molecule has 2 aromatic carbocycles. The summed E-state index contributed by atoms with van der Waals surface area (Å²) in [5, 5.41) is 2.14. The third-order valence-electron chi connectivity index (χ3n) is 2.99. The van der Waals surface area contributed by atoms with Crippen LogP contribution in [0.15, 0.2) is 64.9 Å². The van der Waals surface area contributed by atoms with Gasteiger partial charge in [0.15, 0.2) is 5.13 Å². The number of nitrogens with one attached hydrogen (secondary N) is 1. The lowest BCUT2D eigenvalue weighted by atomic mass is 10.2. The summed E-state index contributed by atoms with van der Waals surface area (Å²) in [6, 6.07) is 15.6. The number of benzene rings is 2. The Labute approximate surface area is 132 Å². The van der Waals surface area contributed by atoms with Crippen molar-refractivity contribution in [2.75, 3.05) is 10.5 Å². The molecule has 0 bridgehead atoms. The molecule has 112 valence electrons. The van der Waals surface area contributed by atoms with E-state index in [1.807, 2.05) is 35.7 Å². The molecule has 1 heterocycles. The molecule has 0 atom stereocenters. The number of sulfonamides is 1. The smallest absolute Gasteiger partial charge is 0.263 e. The lowest BCUT2D eigenvalue weighted by Gasteiger charge is -2.05. The maximum atomic E-state index is 12.3. The number of hydrogen-bond donors (Lipinski definition) is 2. The first-order valence-electron chi connectivity index (χ1n) is 6.44. The van der Waals surface area contributed by atoms with Gasteiger partial charge in [0.1, 0.15) is 0 Å². The quantitative estimate of drug-likeness (QED) is 0.719. The van der Waals surface area contributed by atoms with Crippen molar-refractivity contribution in [1.29, 1.82) is 0 Å². The van der Waals surface area contributed by atoms with Crippen LogP contribution in [0, 0.1) is 0 Å². The van der Waals surface area contributed by atoms with Gasteiger partial charge in [-0.3, -0.25) is 4.72 Å². The maximum absolute atomic E-state index is 12.3. The minimum absolute atomic E-state index is 0.151. The molecule has 0 radical (unpaired) electrons. The molecule has 3 N–H and O–H groups in total. The monoisotopic (exact) mass is 331 g/mol. The summed E-state index contributed by atoms with van der Waals surface area (Å²) in [5.41, 5.74) is 7.76. The predicted molar refractivity (Wildman–Crippen MR) is 89.2 cm³/mol. The molecule has 0 spiro atoms. The Morgan fingerprint density at radius 3 is 2.36 bits per heavy atom. The van der Waals surface area contributed by atoms with Crippen molar-refractivity contribution in [2.45, 2.75) is 4.90 Å². The van der Waals surface area contributed by atoms with Gasteiger partial charge in [-0.05, 0) is 24.3 Å². The fourth-order valence-electron chi connectivity index (χ4n) is 1.88. The molecular weight excluding hydrogens is 318 g/mol. The lowest BCUT2D eigenvalue weighted by molar-refractivity contribution is 0.601. The molecule has 0 saturated heterocycles. The molecule has 0 aliphatic carbocycles. The van der Waals surface area contributed by atoms with E-state index in [2.05, 4.69) is 9.71 Å². The van der Waals surface area contributed by atoms with Crippen LogP contribution in [0.3, 0.4) is 0 Å². The Morgan fingerprint density at radius 2 is 1.68 bits per heavy atom. The van der Waals surface area contributed by atoms with E-state index in [4.69, 9.17) is 5.73 Å². The molecule has 0 unspecified atom stereocenters. The van der Waals surface area contributed by atoms with E-state index in [0.29, 0.717) is 10.8 Å². The van der Waals surface area contributed by atoms with E-state index >= 15 is 0 Å². The first-order chi connectivity index (χ1) is 10.5. The lowest BCUT2D eigenvalue weighted by Crippen LogP contribution is -2.12. The maximum Gasteiger partial charge on any atom is 0.263 e. The van der Waals surface area contributed by atoms with Gasteiger partial charge in [-0.15, -0.1) is 11.3 Å². The van der Waals surface area contributed by atoms with Crippen LogP contribution in [0.25, 0.3) is 11.3 Å². The van der Waals surface area contributed by atoms with Crippen LogP contribution in [0.5, 0.6) is 0 Å². The Balaban J connectivity index is 1.84. The van der Waals surface area contributed by atoms with Crippen LogP contribution in [0.4, 0.5) is 10.8 Å². The molecule has 3 rings (SSSR count). The fraction of sp³-hybridized carbons (Fsp3) is 0. The van der Waals surface area contributed by atoms with Gasteiger partial charge in [-0.25, -0.2) is 13.4 Å². The van der Waals surface area contributed by atoms with Gasteiger partial charge in [0, 0.05) is 16.6 Å². The average Bonchev–Trinajstić information content (AvgIpc) is 2.96. The van der Waals surface area contributed by atoms with E-state index in [1.54, 1.807) is 12.1 Å². The molecular formula is C15H13N3O2S2. The zero-order valence-corrected chi connectivity index (χ0v) is 13.1. The van der Waals surface area contributed by atoms with Crippen molar-refractivity contribution in [1.82, 2.24) is 4.98 Å². The molecule has 0 saturated carbocycles. The third-order valence-corrected chi connectivity index (χ3v) is 5.23. The average molecular weight is 331 g/mol. The first kappa shape index (κ1) is 14.6. The summed E-state index contributed by atoms with van der Waals surface area (Å²) < 4.78 is 27.0. The van der Waals surface area contributed by atoms with Gasteiger partial charge < -0.3 is 5.73 Å². The minimum Gasteiger partial charge on any atom is -0.399 e. The third kappa shape index (κ3) is 3.10. The van der Waals surface area contributed by atoms with Crippen LogP contribution in [0.2, 0.25) is 0 Å². The van der Waals surface area contributed by atoms with Gasteiger partial charge in [0.2, 0.25) is 0 Å². The van der Waals surface area contributed by atoms with Gasteiger partial charge >= 0.3 is 0 Å². The zero-order valence-electron chi connectivity index (χ0n) is 11.4. The minimum atomic E-state index is -3.66. The van der Waals surface area contributed by atoms with Gasteiger partial charge in [0.25, 0.3) is 10.0 Å². The SMILES string of the molecule is Nc1ccc(S(=O)(=O)Nc2nc(-c3ccccc3)cs2)cc1. The molecule has 7 heteroatoms. The summed E-state index contributed by atoms with van der Waals surface area (Å²) in [7, 11) is -3.66. The number of nitrogens with zero attached hydrogens (tertiary/aromatic N) is 1. The summed E-state index contributed by atoms with van der Waals surface area (Å²) >= 11 is 1.24. The molecule has 1 aromatic heterocycles. The van der Waals surface area contributed by atoms with Crippen molar-refractivity contribution < 1.29 is 8.42 Å². The second-order valence-electron chi connectivity index (χ2n) is 4.58. The second kappa shape index (κ2) is 5.78. The highest BCUT2D eigenvalue weighted by Gasteiger charge is 2.16. The molecule has 3 aromatic rings. The second-order valence-corrected chi connectivity index (χ2v) is 7.12. The Hall–Kier alpha value is -2.38.